The highest BCUT2D eigenvalue weighted by atomic mass is 16.5. The monoisotopic (exact) mass is 258 g/mol. The van der Waals surface area contributed by atoms with Crippen molar-refractivity contribution in [2.75, 3.05) is 0 Å². The van der Waals surface area contributed by atoms with E-state index in [0.717, 1.165) is 24.6 Å². The van der Waals surface area contributed by atoms with Gasteiger partial charge in [-0.1, -0.05) is 30.6 Å². The number of benzene rings is 1. The van der Waals surface area contributed by atoms with Gasteiger partial charge in [0.1, 0.15) is 5.75 Å². The van der Waals surface area contributed by atoms with Crippen molar-refractivity contribution in [1.29, 1.82) is 0 Å². The summed E-state index contributed by atoms with van der Waals surface area (Å²) in [7, 11) is 0. The third-order valence-electron chi connectivity index (χ3n) is 4.06. The molecule has 0 amide bonds. The number of hydrogen-bond donors (Lipinski definition) is 1. The van der Waals surface area contributed by atoms with E-state index in [1.165, 1.54) is 12.8 Å². The van der Waals surface area contributed by atoms with Gasteiger partial charge in [-0.25, -0.2) is 0 Å². The molecule has 3 rings (SSSR count). The predicted octanol–water partition coefficient (Wildman–Crippen LogP) is 3.74. The van der Waals surface area contributed by atoms with E-state index in [0.29, 0.717) is 17.4 Å². The SMILES string of the molecule is CCC1CCC(c2noc(-c3ccccc3O)n2)C1. The summed E-state index contributed by atoms with van der Waals surface area (Å²) < 4.78 is 5.29. The first-order chi connectivity index (χ1) is 9.28. The first kappa shape index (κ1) is 12.2. The Bertz CT molecular complexity index is 565. The lowest BCUT2D eigenvalue weighted by Crippen LogP contribution is -1.97. The van der Waals surface area contributed by atoms with Gasteiger partial charge in [0.25, 0.3) is 5.89 Å². The molecule has 4 heteroatoms. The highest BCUT2D eigenvalue weighted by Gasteiger charge is 2.28. The number of nitrogens with zero attached hydrogens (tertiary/aromatic N) is 2. The van der Waals surface area contributed by atoms with Crippen LogP contribution in [0.25, 0.3) is 11.5 Å². The van der Waals surface area contributed by atoms with Crippen LogP contribution in [0, 0.1) is 5.92 Å². The summed E-state index contributed by atoms with van der Waals surface area (Å²) in [4.78, 5) is 4.45. The summed E-state index contributed by atoms with van der Waals surface area (Å²) in [5, 5.41) is 13.9. The largest absolute Gasteiger partial charge is 0.507 e. The minimum absolute atomic E-state index is 0.176. The lowest BCUT2D eigenvalue weighted by atomic mass is 10.0. The highest BCUT2D eigenvalue weighted by molar-refractivity contribution is 5.61. The van der Waals surface area contributed by atoms with E-state index in [1.54, 1.807) is 18.2 Å². The Balaban J connectivity index is 1.82. The molecule has 0 saturated heterocycles. The lowest BCUT2D eigenvalue weighted by molar-refractivity contribution is 0.410. The number of phenols is 1. The maximum Gasteiger partial charge on any atom is 0.261 e. The molecule has 0 radical (unpaired) electrons. The average Bonchev–Trinajstić information content (AvgIpc) is 3.08. The van der Waals surface area contributed by atoms with Crippen molar-refractivity contribution in [2.24, 2.45) is 5.92 Å². The third-order valence-corrected chi connectivity index (χ3v) is 4.06. The fourth-order valence-electron chi connectivity index (χ4n) is 2.84. The molecule has 0 aliphatic heterocycles. The number of aromatic hydroxyl groups is 1. The van der Waals surface area contributed by atoms with Crippen LogP contribution in [0.1, 0.15) is 44.3 Å². The van der Waals surface area contributed by atoms with Crippen LogP contribution in [0.5, 0.6) is 5.75 Å². The number of para-hydroxylation sites is 1. The Hall–Kier alpha value is -1.84. The fourth-order valence-corrected chi connectivity index (χ4v) is 2.84. The fraction of sp³-hybridized carbons (Fsp3) is 0.467. The van der Waals surface area contributed by atoms with Gasteiger partial charge in [-0.05, 0) is 37.3 Å². The topological polar surface area (TPSA) is 59.2 Å². The van der Waals surface area contributed by atoms with Gasteiger partial charge in [0, 0.05) is 5.92 Å². The highest BCUT2D eigenvalue weighted by Crippen LogP contribution is 2.39. The second-order valence-electron chi connectivity index (χ2n) is 5.26. The van der Waals surface area contributed by atoms with Gasteiger partial charge in [0.2, 0.25) is 0 Å². The Morgan fingerprint density at radius 1 is 1.32 bits per heavy atom. The molecule has 1 saturated carbocycles. The second kappa shape index (κ2) is 5.03. The van der Waals surface area contributed by atoms with E-state index in [2.05, 4.69) is 17.1 Å². The summed E-state index contributed by atoms with van der Waals surface area (Å²) in [6.07, 6.45) is 4.76. The van der Waals surface area contributed by atoms with Crippen molar-refractivity contribution in [2.45, 2.75) is 38.5 Å². The standard InChI is InChI=1S/C15H18N2O2/c1-2-10-7-8-11(9-10)14-16-15(19-17-14)12-5-3-4-6-13(12)18/h3-6,10-11,18H,2,7-9H2,1H3. The molecule has 2 unspecified atom stereocenters. The van der Waals surface area contributed by atoms with E-state index in [-0.39, 0.29) is 5.75 Å². The van der Waals surface area contributed by atoms with Crippen LogP contribution < -0.4 is 0 Å². The van der Waals surface area contributed by atoms with Crippen molar-refractivity contribution in [3.8, 4) is 17.2 Å². The molecule has 4 nitrogen and oxygen atoms in total. The van der Waals surface area contributed by atoms with Crippen LogP contribution in [-0.4, -0.2) is 15.2 Å². The molecule has 1 heterocycles. The molecule has 100 valence electrons. The average molecular weight is 258 g/mol. The van der Waals surface area contributed by atoms with Crippen LogP contribution in [0.3, 0.4) is 0 Å². The van der Waals surface area contributed by atoms with Gasteiger partial charge in [-0.15, -0.1) is 0 Å². The van der Waals surface area contributed by atoms with Crippen molar-refractivity contribution in [3.05, 3.63) is 30.1 Å². The first-order valence-corrected chi connectivity index (χ1v) is 6.90. The molecular formula is C15H18N2O2. The third kappa shape index (κ3) is 2.35. The Labute approximate surface area is 112 Å². The summed E-state index contributed by atoms with van der Waals surface area (Å²) in [5.74, 6) is 2.57. The molecule has 2 atom stereocenters. The Kier molecular flexibility index (Phi) is 3.23. The van der Waals surface area contributed by atoms with Gasteiger partial charge in [-0.3, -0.25) is 0 Å². The molecular weight excluding hydrogens is 240 g/mol. The second-order valence-corrected chi connectivity index (χ2v) is 5.26. The molecule has 1 aromatic heterocycles. The van der Waals surface area contributed by atoms with Gasteiger partial charge in [0.15, 0.2) is 5.82 Å². The van der Waals surface area contributed by atoms with E-state index >= 15 is 0 Å². The smallest absolute Gasteiger partial charge is 0.261 e. The number of aromatic nitrogens is 2. The summed E-state index contributed by atoms with van der Waals surface area (Å²) in [5.41, 5.74) is 0.603. The number of phenolic OH excluding ortho intramolecular Hbond substituents is 1. The lowest BCUT2D eigenvalue weighted by Gasteiger charge is -2.04. The van der Waals surface area contributed by atoms with Crippen LogP contribution in [0.2, 0.25) is 0 Å². The van der Waals surface area contributed by atoms with E-state index < -0.39 is 0 Å². The van der Waals surface area contributed by atoms with Crippen molar-refractivity contribution >= 4 is 0 Å². The van der Waals surface area contributed by atoms with Gasteiger partial charge in [-0.2, -0.15) is 4.98 Å². The predicted molar refractivity (Wildman–Crippen MR) is 71.8 cm³/mol. The van der Waals surface area contributed by atoms with E-state index in [9.17, 15) is 5.11 Å². The minimum Gasteiger partial charge on any atom is -0.507 e. The van der Waals surface area contributed by atoms with Crippen LogP contribution in [0.4, 0.5) is 0 Å². The zero-order valence-corrected chi connectivity index (χ0v) is 11.0. The minimum atomic E-state index is 0.176. The molecule has 19 heavy (non-hydrogen) atoms. The number of rotatable bonds is 3. The Morgan fingerprint density at radius 2 is 2.16 bits per heavy atom. The van der Waals surface area contributed by atoms with E-state index in [4.69, 9.17) is 4.52 Å². The van der Waals surface area contributed by atoms with Gasteiger partial charge in [0.05, 0.1) is 5.56 Å². The maximum atomic E-state index is 9.79. The van der Waals surface area contributed by atoms with Crippen molar-refractivity contribution in [3.63, 3.8) is 0 Å². The molecule has 1 aliphatic carbocycles. The van der Waals surface area contributed by atoms with E-state index in [1.807, 2.05) is 6.07 Å². The summed E-state index contributed by atoms with van der Waals surface area (Å²) in [6.45, 7) is 2.23. The van der Waals surface area contributed by atoms with Gasteiger partial charge < -0.3 is 9.63 Å². The Morgan fingerprint density at radius 3 is 2.89 bits per heavy atom. The first-order valence-electron chi connectivity index (χ1n) is 6.90. The molecule has 1 aliphatic rings. The molecule has 2 aromatic rings. The normalized spacial score (nSPS) is 22.8. The quantitative estimate of drug-likeness (QED) is 0.911. The molecule has 0 bridgehead atoms. The van der Waals surface area contributed by atoms with Crippen LogP contribution in [-0.2, 0) is 0 Å². The molecule has 1 fully saturated rings. The molecule has 1 aromatic carbocycles. The van der Waals surface area contributed by atoms with Crippen LogP contribution >= 0.6 is 0 Å². The molecule has 1 N–H and O–H groups in total. The van der Waals surface area contributed by atoms with Crippen LogP contribution in [0.15, 0.2) is 28.8 Å². The van der Waals surface area contributed by atoms with Crippen molar-refractivity contribution < 1.29 is 9.63 Å². The van der Waals surface area contributed by atoms with Crippen molar-refractivity contribution in [1.82, 2.24) is 10.1 Å². The number of hydrogen-bond acceptors (Lipinski definition) is 4. The zero-order valence-electron chi connectivity index (χ0n) is 11.0. The zero-order chi connectivity index (χ0) is 13.2. The summed E-state index contributed by atoms with van der Waals surface area (Å²) >= 11 is 0. The summed E-state index contributed by atoms with van der Waals surface area (Å²) in [6, 6.07) is 7.04. The maximum absolute atomic E-state index is 9.79. The molecule has 0 spiro atoms. The van der Waals surface area contributed by atoms with Gasteiger partial charge >= 0.3 is 0 Å².